The molecule has 3 rings (SSSR count). The van der Waals surface area contributed by atoms with E-state index in [4.69, 9.17) is 4.99 Å². The molecule has 142 valence electrons. The van der Waals surface area contributed by atoms with Crippen LogP contribution in [0.1, 0.15) is 30.9 Å². The average molecular weight is 471 g/mol. The van der Waals surface area contributed by atoms with Crippen LogP contribution < -0.4 is 10.6 Å². The maximum Gasteiger partial charge on any atom is 0.191 e. The summed E-state index contributed by atoms with van der Waals surface area (Å²) in [5.41, 5.74) is 1.86. The van der Waals surface area contributed by atoms with E-state index in [2.05, 4.69) is 15.7 Å². The standard InChI is InChI=1S/C19H26FN5.HI/c1-3-21-18(22-11-8-15-12-24-25(2)13-15)23-14-19(9-10-19)16-6-4-5-7-17(16)20;/h4-7,12-13H,3,8-11,14H2,1-2H3,(H2,21,22,23);1H. The van der Waals surface area contributed by atoms with Gasteiger partial charge < -0.3 is 10.6 Å². The van der Waals surface area contributed by atoms with Gasteiger partial charge in [-0.1, -0.05) is 18.2 Å². The summed E-state index contributed by atoms with van der Waals surface area (Å²) >= 11 is 0. The number of nitrogens with one attached hydrogen (secondary N) is 2. The molecule has 0 radical (unpaired) electrons. The zero-order chi connectivity index (χ0) is 17.7. The zero-order valence-corrected chi connectivity index (χ0v) is 17.7. The van der Waals surface area contributed by atoms with Crippen molar-refractivity contribution in [1.82, 2.24) is 20.4 Å². The first-order chi connectivity index (χ1) is 12.1. The van der Waals surface area contributed by atoms with Crippen molar-refractivity contribution in [3.63, 3.8) is 0 Å². The summed E-state index contributed by atoms with van der Waals surface area (Å²) in [6, 6.07) is 7.07. The van der Waals surface area contributed by atoms with Crippen molar-refractivity contribution in [2.75, 3.05) is 19.6 Å². The fourth-order valence-electron chi connectivity index (χ4n) is 3.05. The first-order valence-electron chi connectivity index (χ1n) is 8.88. The maximum atomic E-state index is 14.1. The summed E-state index contributed by atoms with van der Waals surface area (Å²) < 4.78 is 15.9. The van der Waals surface area contributed by atoms with Gasteiger partial charge in [0.05, 0.1) is 12.7 Å². The number of aliphatic imine (C=N–C) groups is 1. The Kier molecular flexibility index (Phi) is 7.43. The molecule has 0 saturated heterocycles. The summed E-state index contributed by atoms with van der Waals surface area (Å²) in [7, 11) is 1.92. The van der Waals surface area contributed by atoms with Crippen LogP contribution in [0, 0.1) is 5.82 Å². The lowest BCUT2D eigenvalue weighted by molar-refractivity contribution is 0.572. The average Bonchev–Trinajstić information content (AvgIpc) is 3.28. The van der Waals surface area contributed by atoms with Gasteiger partial charge in [0.15, 0.2) is 5.96 Å². The van der Waals surface area contributed by atoms with Gasteiger partial charge in [-0.25, -0.2) is 4.39 Å². The Morgan fingerprint density at radius 2 is 2.08 bits per heavy atom. The Bertz CT molecular complexity index is 739. The van der Waals surface area contributed by atoms with Gasteiger partial charge in [0.1, 0.15) is 5.82 Å². The molecule has 0 aliphatic heterocycles. The molecule has 0 unspecified atom stereocenters. The number of aromatic nitrogens is 2. The van der Waals surface area contributed by atoms with Gasteiger partial charge in [-0.2, -0.15) is 5.10 Å². The number of benzene rings is 1. The predicted molar refractivity (Wildman–Crippen MR) is 114 cm³/mol. The van der Waals surface area contributed by atoms with E-state index >= 15 is 0 Å². The minimum Gasteiger partial charge on any atom is -0.357 e. The molecule has 5 nitrogen and oxygen atoms in total. The molecule has 7 heteroatoms. The Morgan fingerprint density at radius 3 is 2.69 bits per heavy atom. The van der Waals surface area contributed by atoms with Gasteiger partial charge >= 0.3 is 0 Å². The van der Waals surface area contributed by atoms with Crippen molar-refractivity contribution in [2.24, 2.45) is 12.0 Å². The molecule has 1 aromatic carbocycles. The van der Waals surface area contributed by atoms with Crippen molar-refractivity contribution >= 4 is 29.9 Å². The summed E-state index contributed by atoms with van der Waals surface area (Å²) in [6.07, 6.45) is 6.77. The number of halogens is 2. The first-order valence-corrected chi connectivity index (χ1v) is 8.88. The largest absolute Gasteiger partial charge is 0.357 e. The SMILES string of the molecule is CCNC(=NCC1(c2ccccc2F)CC1)NCCc1cnn(C)c1.I. The van der Waals surface area contributed by atoms with Crippen LogP contribution in [0.4, 0.5) is 4.39 Å². The Labute approximate surface area is 171 Å². The molecule has 1 aliphatic rings. The fraction of sp³-hybridized carbons (Fsp3) is 0.474. The van der Waals surface area contributed by atoms with Crippen LogP contribution in [0.5, 0.6) is 0 Å². The molecule has 1 aliphatic carbocycles. The summed E-state index contributed by atoms with van der Waals surface area (Å²) in [6.45, 7) is 4.23. The lowest BCUT2D eigenvalue weighted by Gasteiger charge is -2.16. The molecule has 2 aromatic rings. The van der Waals surface area contributed by atoms with Crippen molar-refractivity contribution in [3.05, 3.63) is 53.6 Å². The topological polar surface area (TPSA) is 54.2 Å². The van der Waals surface area contributed by atoms with Crippen molar-refractivity contribution in [1.29, 1.82) is 0 Å². The van der Waals surface area contributed by atoms with E-state index in [1.807, 2.05) is 38.5 Å². The fourth-order valence-corrected chi connectivity index (χ4v) is 3.05. The van der Waals surface area contributed by atoms with Gasteiger partial charge in [-0.3, -0.25) is 9.67 Å². The van der Waals surface area contributed by atoms with Crippen LogP contribution in [-0.4, -0.2) is 35.4 Å². The van der Waals surface area contributed by atoms with E-state index in [1.165, 1.54) is 11.6 Å². The van der Waals surface area contributed by atoms with E-state index in [1.54, 1.807) is 10.7 Å². The predicted octanol–water partition coefficient (Wildman–Crippen LogP) is 3.01. The third-order valence-corrected chi connectivity index (χ3v) is 4.65. The number of guanidine groups is 1. The molecular formula is C19H27FIN5. The van der Waals surface area contributed by atoms with E-state index in [9.17, 15) is 4.39 Å². The Balaban J connectivity index is 0.00000243. The second kappa shape index (κ2) is 9.34. The van der Waals surface area contributed by atoms with Crippen LogP contribution >= 0.6 is 24.0 Å². The second-order valence-electron chi connectivity index (χ2n) is 6.65. The normalized spacial score (nSPS) is 15.3. The van der Waals surface area contributed by atoms with Crippen molar-refractivity contribution in [2.45, 2.75) is 31.6 Å². The number of hydrogen-bond donors (Lipinski definition) is 2. The monoisotopic (exact) mass is 471 g/mol. The van der Waals surface area contributed by atoms with E-state index in [0.717, 1.165) is 43.9 Å². The van der Waals surface area contributed by atoms with Crippen LogP contribution in [0.2, 0.25) is 0 Å². The molecule has 1 aromatic heterocycles. The molecule has 0 bridgehead atoms. The van der Waals surface area contributed by atoms with Crippen LogP contribution in [-0.2, 0) is 18.9 Å². The zero-order valence-electron chi connectivity index (χ0n) is 15.3. The summed E-state index contributed by atoms with van der Waals surface area (Å²) in [5.74, 6) is 0.666. The number of aryl methyl sites for hydroxylation is 1. The quantitative estimate of drug-likeness (QED) is 0.371. The van der Waals surface area contributed by atoms with Crippen LogP contribution in [0.25, 0.3) is 0 Å². The van der Waals surface area contributed by atoms with E-state index < -0.39 is 0 Å². The van der Waals surface area contributed by atoms with Gasteiger partial charge in [0, 0.05) is 31.7 Å². The lowest BCUT2D eigenvalue weighted by Crippen LogP contribution is -2.39. The lowest BCUT2D eigenvalue weighted by atomic mass is 9.95. The number of hydrogen-bond acceptors (Lipinski definition) is 2. The highest BCUT2D eigenvalue weighted by molar-refractivity contribution is 14.0. The number of rotatable bonds is 7. The van der Waals surface area contributed by atoms with Gasteiger partial charge in [-0.05, 0) is 43.4 Å². The van der Waals surface area contributed by atoms with E-state index in [-0.39, 0.29) is 35.2 Å². The van der Waals surface area contributed by atoms with E-state index in [0.29, 0.717) is 6.54 Å². The van der Waals surface area contributed by atoms with Crippen molar-refractivity contribution in [3.8, 4) is 0 Å². The molecule has 1 heterocycles. The highest BCUT2D eigenvalue weighted by atomic mass is 127. The van der Waals surface area contributed by atoms with Crippen LogP contribution in [0.3, 0.4) is 0 Å². The molecule has 0 amide bonds. The number of nitrogens with zero attached hydrogens (tertiary/aromatic N) is 3. The molecule has 0 spiro atoms. The minimum atomic E-state index is -0.128. The van der Waals surface area contributed by atoms with Gasteiger partial charge in [0.2, 0.25) is 0 Å². The molecule has 26 heavy (non-hydrogen) atoms. The molecular weight excluding hydrogens is 444 g/mol. The Morgan fingerprint density at radius 1 is 1.31 bits per heavy atom. The molecule has 0 atom stereocenters. The molecule has 1 saturated carbocycles. The summed E-state index contributed by atoms with van der Waals surface area (Å²) in [5, 5.41) is 10.8. The third kappa shape index (κ3) is 5.18. The van der Waals surface area contributed by atoms with Crippen molar-refractivity contribution < 1.29 is 4.39 Å². The smallest absolute Gasteiger partial charge is 0.191 e. The highest BCUT2D eigenvalue weighted by Crippen LogP contribution is 2.49. The minimum absolute atomic E-state index is 0. The van der Waals surface area contributed by atoms with Crippen LogP contribution in [0.15, 0.2) is 41.7 Å². The summed E-state index contributed by atoms with van der Waals surface area (Å²) in [4.78, 5) is 4.71. The second-order valence-corrected chi connectivity index (χ2v) is 6.65. The maximum absolute atomic E-state index is 14.1. The van der Waals surface area contributed by atoms with Gasteiger partial charge in [0.25, 0.3) is 0 Å². The Hall–Kier alpha value is -1.64. The third-order valence-electron chi connectivity index (χ3n) is 4.65. The first kappa shape index (κ1) is 20.7. The highest BCUT2D eigenvalue weighted by Gasteiger charge is 2.45. The van der Waals surface area contributed by atoms with Gasteiger partial charge in [-0.15, -0.1) is 24.0 Å². The molecule has 2 N–H and O–H groups in total. The molecule has 1 fully saturated rings.